The Morgan fingerprint density at radius 3 is 2.71 bits per heavy atom. The second kappa shape index (κ2) is 3.31. The van der Waals surface area contributed by atoms with Gasteiger partial charge < -0.3 is 10.3 Å². The van der Waals surface area contributed by atoms with Crippen molar-refractivity contribution in [2.45, 2.75) is 0 Å². The molecular weight excluding hydrogens is 207 g/mol. The topological polar surface area (TPSA) is 52.0 Å². The van der Waals surface area contributed by atoms with Crippen molar-refractivity contribution < 1.29 is 8.91 Å². The van der Waals surface area contributed by atoms with Gasteiger partial charge in [-0.25, -0.2) is 4.39 Å². The summed E-state index contributed by atoms with van der Waals surface area (Å²) in [7, 11) is 0. The van der Waals surface area contributed by atoms with E-state index < -0.39 is 5.82 Å². The van der Waals surface area contributed by atoms with Crippen molar-refractivity contribution >= 4 is 17.4 Å². The molecule has 3 nitrogen and oxygen atoms in total. The van der Waals surface area contributed by atoms with Crippen molar-refractivity contribution in [2.24, 2.45) is 0 Å². The Labute approximate surface area is 84.3 Å². The van der Waals surface area contributed by atoms with Crippen LogP contribution in [0.4, 0.5) is 10.2 Å². The minimum Gasteiger partial charge on any atom is -0.381 e. The molecular formula is C9H6ClFN2O. The summed E-state index contributed by atoms with van der Waals surface area (Å²) in [5, 5.41) is 3.77. The summed E-state index contributed by atoms with van der Waals surface area (Å²) in [6.07, 6.45) is 0. The third kappa shape index (κ3) is 1.56. The molecule has 2 rings (SSSR count). The van der Waals surface area contributed by atoms with Crippen LogP contribution in [0.2, 0.25) is 5.02 Å². The maximum atomic E-state index is 12.7. The normalized spacial score (nSPS) is 10.4. The Bertz CT molecular complexity index is 470. The van der Waals surface area contributed by atoms with Crippen LogP contribution >= 0.6 is 11.6 Å². The minimum absolute atomic E-state index is 0.264. The van der Waals surface area contributed by atoms with Gasteiger partial charge in [0, 0.05) is 11.6 Å². The van der Waals surface area contributed by atoms with Crippen LogP contribution < -0.4 is 5.73 Å². The van der Waals surface area contributed by atoms with Gasteiger partial charge in [0.05, 0.1) is 5.02 Å². The summed E-state index contributed by atoms with van der Waals surface area (Å²) >= 11 is 5.80. The third-order valence-corrected chi connectivity index (χ3v) is 2.04. The smallest absolute Gasteiger partial charge is 0.170 e. The summed E-state index contributed by atoms with van der Waals surface area (Å²) in [6, 6.07) is 5.53. The van der Waals surface area contributed by atoms with Crippen molar-refractivity contribution in [2.75, 3.05) is 5.73 Å². The van der Waals surface area contributed by atoms with Gasteiger partial charge in [0.1, 0.15) is 5.82 Å². The highest BCUT2D eigenvalue weighted by Crippen LogP contribution is 2.29. The largest absolute Gasteiger partial charge is 0.381 e. The molecule has 0 saturated heterocycles. The second-order valence-corrected chi connectivity index (χ2v) is 3.15. The van der Waals surface area contributed by atoms with Gasteiger partial charge in [0.2, 0.25) is 0 Å². The van der Waals surface area contributed by atoms with E-state index in [1.54, 1.807) is 0 Å². The van der Waals surface area contributed by atoms with E-state index in [9.17, 15) is 4.39 Å². The van der Waals surface area contributed by atoms with E-state index in [2.05, 4.69) is 5.16 Å². The van der Waals surface area contributed by atoms with E-state index in [1.807, 2.05) is 0 Å². The average molecular weight is 213 g/mol. The molecule has 0 spiro atoms. The molecule has 0 amide bonds. The Kier molecular flexibility index (Phi) is 2.13. The molecule has 2 aromatic rings. The fraction of sp³-hybridized carbons (Fsp3) is 0. The van der Waals surface area contributed by atoms with Crippen LogP contribution in [-0.2, 0) is 0 Å². The summed E-state index contributed by atoms with van der Waals surface area (Å²) in [6.45, 7) is 0. The van der Waals surface area contributed by atoms with E-state index in [1.165, 1.54) is 24.3 Å². The fourth-order valence-electron chi connectivity index (χ4n) is 1.11. The summed E-state index contributed by atoms with van der Waals surface area (Å²) in [4.78, 5) is 0. The first-order chi connectivity index (χ1) is 6.66. The lowest BCUT2D eigenvalue weighted by molar-refractivity contribution is 0.436. The summed E-state index contributed by atoms with van der Waals surface area (Å²) in [5.41, 5.74) is 5.94. The van der Waals surface area contributed by atoms with Gasteiger partial charge in [0.15, 0.2) is 11.6 Å². The maximum absolute atomic E-state index is 12.7. The maximum Gasteiger partial charge on any atom is 0.170 e. The Morgan fingerprint density at radius 2 is 2.14 bits per heavy atom. The molecule has 2 N–H and O–H groups in total. The fourth-order valence-corrected chi connectivity index (χ4v) is 1.37. The van der Waals surface area contributed by atoms with E-state index in [-0.39, 0.29) is 10.8 Å². The molecule has 1 heterocycles. The van der Waals surface area contributed by atoms with Crippen LogP contribution in [0.3, 0.4) is 0 Å². The Morgan fingerprint density at radius 1 is 1.36 bits per heavy atom. The van der Waals surface area contributed by atoms with Gasteiger partial charge in [-0.15, -0.1) is 0 Å². The van der Waals surface area contributed by atoms with Crippen molar-refractivity contribution in [1.29, 1.82) is 0 Å². The van der Waals surface area contributed by atoms with Gasteiger partial charge in [-0.05, 0) is 18.2 Å². The molecule has 0 bridgehead atoms. The SMILES string of the molecule is Nc1cc(-c2ccc(F)cc2Cl)on1. The molecule has 0 radical (unpaired) electrons. The molecule has 0 fully saturated rings. The molecule has 0 unspecified atom stereocenters. The van der Waals surface area contributed by atoms with Crippen LogP contribution in [0.5, 0.6) is 0 Å². The molecule has 0 aliphatic rings. The van der Waals surface area contributed by atoms with Crippen LogP contribution in [0, 0.1) is 5.82 Å². The van der Waals surface area contributed by atoms with Crippen molar-refractivity contribution in [3.63, 3.8) is 0 Å². The third-order valence-electron chi connectivity index (χ3n) is 1.72. The van der Waals surface area contributed by atoms with Crippen molar-refractivity contribution in [1.82, 2.24) is 5.16 Å². The minimum atomic E-state index is -0.397. The zero-order chi connectivity index (χ0) is 10.1. The number of halogens is 2. The number of nitrogens with zero attached hydrogens (tertiary/aromatic N) is 1. The standard InChI is InChI=1S/C9H6ClFN2O/c10-7-3-5(11)1-2-6(7)8-4-9(12)13-14-8/h1-4H,(H2,12,13). The number of anilines is 1. The number of rotatable bonds is 1. The number of benzene rings is 1. The van der Waals surface area contributed by atoms with Crippen LogP contribution in [0.1, 0.15) is 0 Å². The molecule has 0 atom stereocenters. The number of nitrogens with two attached hydrogens (primary N) is 1. The van der Waals surface area contributed by atoms with E-state index >= 15 is 0 Å². The monoisotopic (exact) mass is 212 g/mol. The average Bonchev–Trinajstić information content (AvgIpc) is 2.51. The van der Waals surface area contributed by atoms with Crippen LogP contribution in [-0.4, -0.2) is 5.16 Å². The summed E-state index contributed by atoms with van der Waals surface area (Å²) < 4.78 is 17.6. The van der Waals surface area contributed by atoms with Gasteiger partial charge in [-0.3, -0.25) is 0 Å². The lowest BCUT2D eigenvalue weighted by Crippen LogP contribution is -1.80. The van der Waals surface area contributed by atoms with Crippen molar-refractivity contribution in [3.8, 4) is 11.3 Å². The lowest BCUT2D eigenvalue weighted by atomic mass is 10.2. The van der Waals surface area contributed by atoms with Gasteiger partial charge in [0.25, 0.3) is 0 Å². The van der Waals surface area contributed by atoms with Gasteiger partial charge in [-0.2, -0.15) is 0 Å². The first kappa shape index (κ1) is 9.02. The molecule has 14 heavy (non-hydrogen) atoms. The zero-order valence-electron chi connectivity index (χ0n) is 7.00. The van der Waals surface area contributed by atoms with Crippen LogP contribution in [0.15, 0.2) is 28.8 Å². The first-order valence-electron chi connectivity index (χ1n) is 3.84. The zero-order valence-corrected chi connectivity index (χ0v) is 7.75. The lowest BCUT2D eigenvalue weighted by Gasteiger charge is -1.98. The molecule has 72 valence electrons. The van der Waals surface area contributed by atoms with Gasteiger partial charge >= 0.3 is 0 Å². The van der Waals surface area contributed by atoms with Crippen molar-refractivity contribution in [3.05, 3.63) is 35.1 Å². The Balaban J connectivity index is 2.52. The molecule has 0 aliphatic carbocycles. The predicted octanol–water partition coefficient (Wildman–Crippen LogP) is 2.72. The quantitative estimate of drug-likeness (QED) is 0.791. The van der Waals surface area contributed by atoms with Crippen LogP contribution in [0.25, 0.3) is 11.3 Å². The molecule has 0 aliphatic heterocycles. The highest BCUT2D eigenvalue weighted by atomic mass is 35.5. The van der Waals surface area contributed by atoms with E-state index in [0.717, 1.165) is 0 Å². The number of aromatic nitrogens is 1. The summed E-state index contributed by atoms with van der Waals surface area (Å²) in [5.74, 6) is 0.291. The Hall–Kier alpha value is -1.55. The van der Waals surface area contributed by atoms with E-state index in [0.29, 0.717) is 11.3 Å². The highest BCUT2D eigenvalue weighted by Gasteiger charge is 2.09. The number of hydrogen-bond donors (Lipinski definition) is 1. The molecule has 1 aromatic heterocycles. The number of nitrogen functional groups attached to an aromatic ring is 1. The second-order valence-electron chi connectivity index (χ2n) is 2.74. The number of hydrogen-bond acceptors (Lipinski definition) is 3. The molecule has 5 heteroatoms. The predicted molar refractivity (Wildman–Crippen MR) is 51.3 cm³/mol. The first-order valence-corrected chi connectivity index (χ1v) is 4.22. The van der Waals surface area contributed by atoms with Gasteiger partial charge in [-0.1, -0.05) is 16.8 Å². The molecule has 0 saturated carbocycles. The molecule has 1 aromatic carbocycles. The highest BCUT2D eigenvalue weighted by molar-refractivity contribution is 6.33. The van der Waals surface area contributed by atoms with E-state index in [4.69, 9.17) is 21.9 Å².